The summed E-state index contributed by atoms with van der Waals surface area (Å²) < 4.78 is 8.67. The smallest absolute Gasteiger partial charge is 0.410 e. The first-order valence-corrected chi connectivity index (χ1v) is 9.03. The van der Waals surface area contributed by atoms with Gasteiger partial charge >= 0.3 is 6.09 Å². The molecule has 130 valence electrons. The first-order chi connectivity index (χ1) is 11.8. The molecule has 1 aliphatic heterocycles. The number of amides is 1. The molecule has 2 aromatic heterocycles. The lowest BCUT2D eigenvalue weighted by atomic mass is 10.2. The molecule has 0 bridgehead atoms. The topological polar surface area (TPSA) is 60.2 Å². The predicted octanol–water partition coefficient (Wildman–Crippen LogP) is 4.10. The Morgan fingerprint density at radius 2 is 2.04 bits per heavy atom. The van der Waals surface area contributed by atoms with Crippen LogP contribution in [0.1, 0.15) is 26.6 Å². The Balaban J connectivity index is 1.76. The minimum absolute atomic E-state index is 0.296. The molecule has 4 rings (SSSR count). The van der Waals surface area contributed by atoms with Crippen molar-refractivity contribution in [3.05, 3.63) is 34.7 Å². The Kier molecular flexibility index (Phi) is 3.72. The number of ether oxygens (including phenoxy) is 1. The average Bonchev–Trinajstić information content (AvgIpc) is 2.91. The second kappa shape index (κ2) is 5.69. The number of hydrogen-bond donors (Lipinski definition) is 0. The highest BCUT2D eigenvalue weighted by atomic mass is 79.9. The molecule has 25 heavy (non-hydrogen) atoms. The summed E-state index contributed by atoms with van der Waals surface area (Å²) in [6, 6.07) is 5.98. The number of benzene rings is 1. The average molecular weight is 403 g/mol. The van der Waals surface area contributed by atoms with Crippen molar-refractivity contribution in [3.8, 4) is 0 Å². The van der Waals surface area contributed by atoms with Crippen LogP contribution in [-0.4, -0.2) is 37.7 Å². The van der Waals surface area contributed by atoms with Gasteiger partial charge in [-0.3, -0.25) is 9.88 Å². The number of nitrogens with zero attached hydrogens (tertiary/aromatic N) is 4. The number of imidazole rings is 1. The Bertz CT molecular complexity index is 990. The molecule has 0 aliphatic carbocycles. The van der Waals surface area contributed by atoms with Gasteiger partial charge in [0.2, 0.25) is 0 Å². The van der Waals surface area contributed by atoms with E-state index in [1.165, 1.54) is 0 Å². The van der Waals surface area contributed by atoms with Gasteiger partial charge in [-0.1, -0.05) is 22.0 Å². The normalized spacial score (nSPS) is 14.8. The van der Waals surface area contributed by atoms with Gasteiger partial charge in [-0.15, -0.1) is 0 Å². The number of halogens is 1. The standard InChI is InChI=1S/C18H19BrN4O2/c1-18(2,3)25-17(24)22-7-8-23-14(10-22)21-13-9-20-12-6-4-5-11(19)15(12)16(13)23/h4-6,9H,7-8,10H2,1-3H3. The molecule has 0 atom stereocenters. The highest BCUT2D eigenvalue weighted by Gasteiger charge is 2.28. The predicted molar refractivity (Wildman–Crippen MR) is 99.4 cm³/mol. The van der Waals surface area contributed by atoms with Crippen LogP contribution >= 0.6 is 15.9 Å². The molecule has 3 heterocycles. The monoisotopic (exact) mass is 402 g/mol. The van der Waals surface area contributed by atoms with Crippen molar-refractivity contribution in [2.75, 3.05) is 6.54 Å². The molecule has 7 heteroatoms. The van der Waals surface area contributed by atoms with Crippen LogP contribution < -0.4 is 0 Å². The quantitative estimate of drug-likeness (QED) is 0.567. The molecule has 0 radical (unpaired) electrons. The van der Waals surface area contributed by atoms with Gasteiger partial charge < -0.3 is 9.30 Å². The zero-order valence-corrected chi connectivity index (χ0v) is 16.0. The van der Waals surface area contributed by atoms with Gasteiger partial charge in [0.05, 0.1) is 23.8 Å². The Morgan fingerprint density at radius 1 is 1.24 bits per heavy atom. The summed E-state index contributed by atoms with van der Waals surface area (Å²) in [4.78, 5) is 23.3. The summed E-state index contributed by atoms with van der Waals surface area (Å²) in [5, 5.41) is 1.06. The number of carbonyl (C=O) groups excluding carboxylic acids is 1. The van der Waals surface area contributed by atoms with Crippen LogP contribution in [0.3, 0.4) is 0 Å². The van der Waals surface area contributed by atoms with Gasteiger partial charge in [-0.2, -0.15) is 0 Å². The Morgan fingerprint density at radius 3 is 2.80 bits per heavy atom. The highest BCUT2D eigenvalue weighted by Crippen LogP contribution is 2.32. The van der Waals surface area contributed by atoms with Crippen LogP contribution in [-0.2, 0) is 17.8 Å². The molecular weight excluding hydrogens is 384 g/mol. The number of pyridine rings is 1. The van der Waals surface area contributed by atoms with Crippen LogP contribution in [0.25, 0.3) is 21.9 Å². The molecule has 0 saturated heterocycles. The van der Waals surface area contributed by atoms with E-state index in [1.54, 1.807) is 11.1 Å². The zero-order chi connectivity index (χ0) is 17.8. The maximum absolute atomic E-state index is 12.4. The van der Waals surface area contributed by atoms with Crippen molar-refractivity contribution < 1.29 is 9.53 Å². The summed E-state index contributed by atoms with van der Waals surface area (Å²) in [5.74, 6) is 0.858. The lowest BCUT2D eigenvalue weighted by Crippen LogP contribution is -2.41. The second-order valence-corrected chi connectivity index (χ2v) is 8.06. The molecule has 6 nitrogen and oxygen atoms in total. The maximum Gasteiger partial charge on any atom is 0.410 e. The minimum Gasteiger partial charge on any atom is -0.444 e. The van der Waals surface area contributed by atoms with Gasteiger partial charge in [0.15, 0.2) is 0 Å². The Labute approximate surface area is 153 Å². The number of hydrogen-bond acceptors (Lipinski definition) is 4. The van der Waals surface area contributed by atoms with E-state index < -0.39 is 5.60 Å². The van der Waals surface area contributed by atoms with E-state index in [2.05, 4.69) is 25.5 Å². The molecule has 0 unspecified atom stereocenters. The van der Waals surface area contributed by atoms with Crippen molar-refractivity contribution in [2.45, 2.75) is 39.5 Å². The Hall–Kier alpha value is -2.15. The molecule has 1 amide bonds. The molecule has 0 fully saturated rings. The van der Waals surface area contributed by atoms with Crippen molar-refractivity contribution in [1.29, 1.82) is 0 Å². The van der Waals surface area contributed by atoms with Crippen molar-refractivity contribution >= 4 is 44.0 Å². The van der Waals surface area contributed by atoms with E-state index in [-0.39, 0.29) is 6.09 Å². The summed E-state index contributed by atoms with van der Waals surface area (Å²) in [6.07, 6.45) is 1.50. The van der Waals surface area contributed by atoms with Crippen LogP contribution in [0, 0.1) is 0 Å². The van der Waals surface area contributed by atoms with E-state index in [4.69, 9.17) is 9.72 Å². The van der Waals surface area contributed by atoms with Gasteiger partial charge in [-0.25, -0.2) is 9.78 Å². The first kappa shape index (κ1) is 16.3. The fraction of sp³-hybridized carbons (Fsp3) is 0.389. The molecule has 3 aromatic rings. The molecule has 0 saturated carbocycles. The van der Waals surface area contributed by atoms with Gasteiger partial charge in [0.25, 0.3) is 0 Å². The molecule has 1 aromatic carbocycles. The van der Waals surface area contributed by atoms with Gasteiger partial charge in [-0.05, 0) is 32.9 Å². The van der Waals surface area contributed by atoms with E-state index >= 15 is 0 Å². The van der Waals surface area contributed by atoms with Crippen molar-refractivity contribution in [1.82, 2.24) is 19.4 Å². The third kappa shape index (κ3) is 2.86. The van der Waals surface area contributed by atoms with Crippen LogP contribution in [0.2, 0.25) is 0 Å². The van der Waals surface area contributed by atoms with Gasteiger partial charge in [0.1, 0.15) is 16.9 Å². The van der Waals surface area contributed by atoms with Crippen molar-refractivity contribution in [3.63, 3.8) is 0 Å². The number of carbonyl (C=O) groups is 1. The van der Waals surface area contributed by atoms with Crippen LogP contribution in [0.15, 0.2) is 28.9 Å². The third-order valence-electron chi connectivity index (χ3n) is 4.21. The summed E-state index contributed by atoms with van der Waals surface area (Å²) in [5.41, 5.74) is 2.34. The van der Waals surface area contributed by atoms with E-state index in [9.17, 15) is 4.79 Å². The SMILES string of the molecule is CC(C)(C)OC(=O)N1CCn2c(nc3cnc4cccc(Br)c4c32)C1. The molecule has 1 aliphatic rings. The number of aromatic nitrogens is 3. The fourth-order valence-electron chi connectivity index (χ4n) is 3.17. The second-order valence-electron chi connectivity index (χ2n) is 7.21. The molecule has 0 N–H and O–H groups in total. The van der Waals surface area contributed by atoms with E-state index in [1.807, 2.05) is 39.0 Å². The third-order valence-corrected chi connectivity index (χ3v) is 4.87. The van der Waals surface area contributed by atoms with Crippen molar-refractivity contribution in [2.24, 2.45) is 0 Å². The minimum atomic E-state index is -0.500. The molecule has 0 spiro atoms. The van der Waals surface area contributed by atoms with E-state index in [0.29, 0.717) is 19.6 Å². The lowest BCUT2D eigenvalue weighted by molar-refractivity contribution is 0.0197. The summed E-state index contributed by atoms with van der Waals surface area (Å²) in [7, 11) is 0. The summed E-state index contributed by atoms with van der Waals surface area (Å²) >= 11 is 3.63. The number of rotatable bonds is 0. The number of fused-ring (bicyclic) bond motifs is 5. The highest BCUT2D eigenvalue weighted by molar-refractivity contribution is 9.10. The maximum atomic E-state index is 12.4. The molecular formula is C18H19BrN4O2. The van der Waals surface area contributed by atoms with E-state index in [0.717, 1.165) is 32.2 Å². The van der Waals surface area contributed by atoms with Crippen LogP contribution in [0.5, 0.6) is 0 Å². The van der Waals surface area contributed by atoms with Gasteiger partial charge in [0, 0.05) is 22.9 Å². The summed E-state index contributed by atoms with van der Waals surface area (Å²) in [6.45, 7) is 7.35. The first-order valence-electron chi connectivity index (χ1n) is 8.24. The fourth-order valence-corrected chi connectivity index (χ4v) is 3.72. The zero-order valence-electron chi connectivity index (χ0n) is 14.4. The van der Waals surface area contributed by atoms with Crippen LogP contribution in [0.4, 0.5) is 4.79 Å². The lowest BCUT2D eigenvalue weighted by Gasteiger charge is -2.30. The largest absolute Gasteiger partial charge is 0.444 e.